The van der Waals surface area contributed by atoms with Crippen molar-refractivity contribution in [3.63, 3.8) is 0 Å². The molecule has 0 aliphatic heterocycles. The van der Waals surface area contributed by atoms with Crippen LogP contribution in [0, 0.1) is 5.92 Å². The van der Waals surface area contributed by atoms with Crippen molar-refractivity contribution in [2.24, 2.45) is 5.92 Å². The molecule has 0 radical (unpaired) electrons. The predicted molar refractivity (Wildman–Crippen MR) is 109 cm³/mol. The predicted octanol–water partition coefficient (Wildman–Crippen LogP) is 5.87. The van der Waals surface area contributed by atoms with Crippen LogP contribution in [0.5, 0.6) is 0 Å². The van der Waals surface area contributed by atoms with Crippen molar-refractivity contribution in [1.29, 1.82) is 0 Å². The fourth-order valence-electron chi connectivity index (χ4n) is 3.49. The van der Waals surface area contributed by atoms with Crippen LogP contribution >= 0.6 is 0 Å². The van der Waals surface area contributed by atoms with E-state index in [2.05, 4.69) is 10.3 Å². The Labute approximate surface area is 168 Å². The van der Waals surface area contributed by atoms with Gasteiger partial charge in [0.05, 0.1) is 5.56 Å². The van der Waals surface area contributed by atoms with Crippen LogP contribution in [0.4, 0.5) is 13.2 Å². The van der Waals surface area contributed by atoms with Crippen molar-refractivity contribution in [2.75, 3.05) is 0 Å². The minimum atomic E-state index is -4.50. The summed E-state index contributed by atoms with van der Waals surface area (Å²) in [5.41, 5.74) is 0.912. The molecule has 0 saturated heterocycles. The van der Waals surface area contributed by atoms with Gasteiger partial charge in [0.2, 0.25) is 5.91 Å². The SMILES string of the molecule is CC(C)[C@H](C)NC(=O)C[C@@H](c1ccccc1C(F)(F)F)c1c[nH]c2ccccc12. The number of aromatic nitrogens is 1. The summed E-state index contributed by atoms with van der Waals surface area (Å²) in [7, 11) is 0. The molecular weight excluding hydrogens is 377 g/mol. The van der Waals surface area contributed by atoms with Gasteiger partial charge in [-0.1, -0.05) is 50.2 Å². The van der Waals surface area contributed by atoms with E-state index in [0.29, 0.717) is 5.56 Å². The summed E-state index contributed by atoms with van der Waals surface area (Å²) in [5.74, 6) is -0.755. The van der Waals surface area contributed by atoms with Crippen LogP contribution in [0.15, 0.2) is 54.7 Å². The molecule has 1 aromatic heterocycles. The minimum absolute atomic E-state index is 0.0635. The summed E-state index contributed by atoms with van der Waals surface area (Å²) in [6.07, 6.45) is -2.85. The number of carbonyl (C=O) groups excluding carboxylic acids is 1. The molecule has 2 N–H and O–H groups in total. The largest absolute Gasteiger partial charge is 0.416 e. The molecule has 1 heterocycles. The van der Waals surface area contributed by atoms with Gasteiger partial charge in [-0.15, -0.1) is 0 Å². The van der Waals surface area contributed by atoms with Gasteiger partial charge in [-0.25, -0.2) is 0 Å². The first-order valence-electron chi connectivity index (χ1n) is 9.70. The maximum atomic E-state index is 13.7. The maximum Gasteiger partial charge on any atom is 0.416 e. The maximum absolute atomic E-state index is 13.7. The summed E-state index contributed by atoms with van der Waals surface area (Å²) in [5, 5.41) is 3.74. The molecule has 0 bridgehead atoms. The van der Waals surface area contributed by atoms with E-state index in [1.807, 2.05) is 45.0 Å². The lowest BCUT2D eigenvalue weighted by atomic mass is 9.85. The first-order chi connectivity index (χ1) is 13.7. The second kappa shape index (κ2) is 8.31. The van der Waals surface area contributed by atoms with Crippen molar-refractivity contribution in [3.8, 4) is 0 Å². The van der Waals surface area contributed by atoms with Gasteiger partial charge < -0.3 is 10.3 Å². The Morgan fingerprint density at radius 2 is 1.66 bits per heavy atom. The zero-order chi connectivity index (χ0) is 21.2. The standard InChI is InChI=1S/C23H25F3N2O/c1-14(2)15(3)28-22(29)12-18(16-8-4-6-10-20(16)23(24,25)26)19-13-27-21-11-7-5-9-17(19)21/h4-11,13-15,18,27H,12H2,1-3H3,(H,28,29)/t15-,18-/m0/s1. The number of halogens is 3. The second-order valence-corrected chi connectivity index (χ2v) is 7.73. The van der Waals surface area contributed by atoms with Crippen LogP contribution in [0.3, 0.4) is 0 Å². The van der Waals surface area contributed by atoms with Gasteiger partial charge in [-0.3, -0.25) is 4.79 Å². The van der Waals surface area contributed by atoms with Crippen LogP contribution in [0.25, 0.3) is 10.9 Å². The molecule has 0 fully saturated rings. The average Bonchev–Trinajstić information content (AvgIpc) is 3.09. The Morgan fingerprint density at radius 3 is 2.34 bits per heavy atom. The molecule has 3 nitrogen and oxygen atoms in total. The topological polar surface area (TPSA) is 44.9 Å². The third-order valence-electron chi connectivity index (χ3n) is 5.42. The zero-order valence-electron chi connectivity index (χ0n) is 16.7. The van der Waals surface area contributed by atoms with E-state index in [0.717, 1.165) is 17.0 Å². The van der Waals surface area contributed by atoms with Gasteiger partial charge in [0.1, 0.15) is 0 Å². The molecule has 1 amide bonds. The lowest BCUT2D eigenvalue weighted by Gasteiger charge is -2.23. The lowest BCUT2D eigenvalue weighted by molar-refractivity contribution is -0.138. The van der Waals surface area contributed by atoms with Crippen molar-refractivity contribution in [3.05, 3.63) is 71.4 Å². The fraction of sp³-hybridized carbons (Fsp3) is 0.348. The van der Waals surface area contributed by atoms with Crippen molar-refractivity contribution in [1.82, 2.24) is 10.3 Å². The number of rotatable bonds is 6. The highest BCUT2D eigenvalue weighted by molar-refractivity contribution is 5.86. The minimum Gasteiger partial charge on any atom is -0.361 e. The normalized spacial score (nSPS) is 14.2. The van der Waals surface area contributed by atoms with Gasteiger partial charge in [0.15, 0.2) is 0 Å². The highest BCUT2D eigenvalue weighted by atomic mass is 19.4. The van der Waals surface area contributed by atoms with Crippen LogP contribution in [-0.4, -0.2) is 16.9 Å². The molecule has 0 spiro atoms. The number of H-pyrrole nitrogens is 1. The number of amides is 1. The van der Waals surface area contributed by atoms with E-state index in [1.54, 1.807) is 12.3 Å². The number of nitrogens with one attached hydrogen (secondary N) is 2. The van der Waals surface area contributed by atoms with E-state index in [-0.39, 0.29) is 29.9 Å². The lowest BCUT2D eigenvalue weighted by Crippen LogP contribution is -2.37. The Kier molecular flexibility index (Phi) is 6.01. The molecule has 2 aromatic carbocycles. The monoisotopic (exact) mass is 402 g/mol. The van der Waals surface area contributed by atoms with Gasteiger partial charge in [-0.05, 0) is 36.1 Å². The van der Waals surface area contributed by atoms with Gasteiger partial charge in [-0.2, -0.15) is 13.2 Å². The molecule has 0 unspecified atom stereocenters. The van der Waals surface area contributed by atoms with Crippen LogP contribution in [0.1, 0.15) is 49.8 Å². The van der Waals surface area contributed by atoms with Gasteiger partial charge in [0, 0.05) is 35.5 Å². The van der Waals surface area contributed by atoms with E-state index in [4.69, 9.17) is 0 Å². The molecule has 0 aliphatic rings. The quantitative estimate of drug-likeness (QED) is 0.532. The fourth-order valence-corrected chi connectivity index (χ4v) is 3.49. The number of aromatic amines is 1. The molecule has 3 rings (SSSR count). The smallest absolute Gasteiger partial charge is 0.361 e. The molecule has 0 aliphatic carbocycles. The van der Waals surface area contributed by atoms with Crippen LogP contribution < -0.4 is 5.32 Å². The van der Waals surface area contributed by atoms with Gasteiger partial charge >= 0.3 is 6.18 Å². The van der Waals surface area contributed by atoms with Crippen molar-refractivity contribution < 1.29 is 18.0 Å². The molecule has 154 valence electrons. The Hall–Kier alpha value is -2.76. The molecule has 6 heteroatoms. The van der Waals surface area contributed by atoms with E-state index >= 15 is 0 Å². The summed E-state index contributed by atoms with van der Waals surface area (Å²) in [4.78, 5) is 15.8. The van der Waals surface area contributed by atoms with E-state index < -0.39 is 17.7 Å². The third kappa shape index (κ3) is 4.63. The number of para-hydroxylation sites is 1. The summed E-state index contributed by atoms with van der Waals surface area (Å²) in [6, 6.07) is 12.9. The average molecular weight is 402 g/mol. The van der Waals surface area contributed by atoms with Crippen molar-refractivity contribution >= 4 is 16.8 Å². The Bertz CT molecular complexity index is 991. The molecule has 29 heavy (non-hydrogen) atoms. The van der Waals surface area contributed by atoms with Crippen molar-refractivity contribution in [2.45, 2.75) is 45.3 Å². The van der Waals surface area contributed by atoms with Crippen LogP contribution in [0.2, 0.25) is 0 Å². The number of hydrogen-bond donors (Lipinski definition) is 2. The second-order valence-electron chi connectivity index (χ2n) is 7.73. The number of fused-ring (bicyclic) bond motifs is 1. The molecule has 2 atom stereocenters. The van der Waals surface area contributed by atoms with Crippen LogP contribution in [-0.2, 0) is 11.0 Å². The van der Waals surface area contributed by atoms with E-state index in [1.165, 1.54) is 12.1 Å². The molecule has 3 aromatic rings. The Morgan fingerprint density at radius 1 is 1.00 bits per heavy atom. The first-order valence-corrected chi connectivity index (χ1v) is 9.70. The van der Waals surface area contributed by atoms with Gasteiger partial charge in [0.25, 0.3) is 0 Å². The number of carbonyl (C=O) groups is 1. The first kappa shape index (κ1) is 21.0. The molecular formula is C23H25F3N2O. The zero-order valence-corrected chi connectivity index (χ0v) is 16.7. The van der Waals surface area contributed by atoms with E-state index in [9.17, 15) is 18.0 Å². The molecule has 0 saturated carbocycles. The third-order valence-corrected chi connectivity index (χ3v) is 5.42. The summed E-state index contributed by atoms with van der Waals surface area (Å²) < 4.78 is 41.1. The highest BCUT2D eigenvalue weighted by Gasteiger charge is 2.36. The number of benzene rings is 2. The summed E-state index contributed by atoms with van der Waals surface area (Å²) in [6.45, 7) is 5.87. The number of alkyl halides is 3. The highest BCUT2D eigenvalue weighted by Crippen LogP contribution is 2.40. The Balaban J connectivity index is 2.07. The number of hydrogen-bond acceptors (Lipinski definition) is 1. The summed E-state index contributed by atoms with van der Waals surface area (Å²) >= 11 is 0.